The molecule has 16 heavy (non-hydrogen) atoms. The van der Waals surface area contributed by atoms with Crippen molar-refractivity contribution in [3.05, 3.63) is 23.5 Å². The highest BCUT2D eigenvalue weighted by Gasteiger charge is 2.23. The van der Waals surface area contributed by atoms with Crippen molar-refractivity contribution in [1.29, 1.82) is 0 Å². The highest BCUT2D eigenvalue weighted by molar-refractivity contribution is 7.89. The van der Waals surface area contributed by atoms with Crippen LogP contribution < -0.4 is 9.46 Å². The van der Waals surface area contributed by atoms with Crippen LogP contribution in [0.3, 0.4) is 0 Å². The molecule has 0 aliphatic rings. The van der Waals surface area contributed by atoms with E-state index >= 15 is 0 Å². The van der Waals surface area contributed by atoms with E-state index in [4.69, 9.17) is 4.74 Å². The van der Waals surface area contributed by atoms with Crippen LogP contribution in [0.5, 0.6) is 5.75 Å². The van der Waals surface area contributed by atoms with Crippen LogP contribution in [0.15, 0.2) is 17.0 Å². The van der Waals surface area contributed by atoms with Gasteiger partial charge in [0.15, 0.2) is 0 Å². The second-order valence-electron chi connectivity index (χ2n) is 3.12. The Morgan fingerprint density at radius 2 is 2.06 bits per heavy atom. The number of nitrogens with one attached hydrogen (secondary N) is 1. The Balaban J connectivity index is 3.59. The van der Waals surface area contributed by atoms with Crippen LogP contribution in [0.25, 0.3) is 0 Å². The molecule has 6 heteroatoms. The number of halogens is 1. The smallest absolute Gasteiger partial charge is 0.243 e. The third-order valence-corrected chi connectivity index (χ3v) is 3.80. The van der Waals surface area contributed by atoms with Crippen LogP contribution in [0.2, 0.25) is 0 Å². The lowest BCUT2D eigenvalue weighted by molar-refractivity contribution is 0.405. The molecule has 0 fully saturated rings. The van der Waals surface area contributed by atoms with Gasteiger partial charge in [0, 0.05) is 5.56 Å². The van der Waals surface area contributed by atoms with Gasteiger partial charge < -0.3 is 4.74 Å². The van der Waals surface area contributed by atoms with Gasteiger partial charge in [0.2, 0.25) is 10.0 Å². The van der Waals surface area contributed by atoms with Gasteiger partial charge in [-0.05, 0) is 25.6 Å². The summed E-state index contributed by atoms with van der Waals surface area (Å²) in [7, 11) is -1.15. The van der Waals surface area contributed by atoms with Crippen LogP contribution in [0.4, 0.5) is 4.39 Å². The minimum atomic E-state index is -3.81. The molecule has 4 nitrogen and oxygen atoms in total. The first-order valence-electron chi connectivity index (χ1n) is 4.76. The van der Waals surface area contributed by atoms with E-state index in [2.05, 4.69) is 4.72 Å². The zero-order valence-electron chi connectivity index (χ0n) is 9.37. The van der Waals surface area contributed by atoms with Crippen LogP contribution in [0, 0.1) is 5.82 Å². The van der Waals surface area contributed by atoms with Crippen LogP contribution in [-0.4, -0.2) is 22.6 Å². The Morgan fingerprint density at radius 1 is 1.44 bits per heavy atom. The van der Waals surface area contributed by atoms with Gasteiger partial charge in [-0.1, -0.05) is 6.92 Å². The lowest BCUT2D eigenvalue weighted by atomic mass is 10.1. The van der Waals surface area contributed by atoms with Gasteiger partial charge in [-0.3, -0.25) is 0 Å². The normalized spacial score (nSPS) is 11.5. The number of sulfonamides is 1. The van der Waals surface area contributed by atoms with Gasteiger partial charge in [-0.25, -0.2) is 17.5 Å². The second kappa shape index (κ2) is 4.80. The standard InChI is InChI=1S/C10H14FNO3S/c1-4-7-9(15-3)6-5-8(11)10(7)16(13,14)12-2/h5-6,12H,4H2,1-3H3. The van der Waals surface area contributed by atoms with Gasteiger partial charge >= 0.3 is 0 Å². The molecule has 0 aromatic heterocycles. The molecular formula is C10H14FNO3S. The van der Waals surface area contributed by atoms with Crippen LogP contribution in [-0.2, 0) is 16.4 Å². The lowest BCUT2D eigenvalue weighted by Gasteiger charge is -2.13. The molecular weight excluding hydrogens is 233 g/mol. The molecule has 1 N–H and O–H groups in total. The average Bonchev–Trinajstić information content (AvgIpc) is 2.28. The molecule has 0 radical (unpaired) electrons. The SMILES string of the molecule is CCc1c(OC)ccc(F)c1S(=O)(=O)NC. The van der Waals surface area contributed by atoms with Crippen molar-refractivity contribution in [1.82, 2.24) is 4.72 Å². The Bertz CT molecular complexity index is 485. The molecule has 1 aromatic carbocycles. The number of ether oxygens (including phenoxy) is 1. The number of hydrogen-bond donors (Lipinski definition) is 1. The van der Waals surface area contributed by atoms with Gasteiger partial charge in [0.1, 0.15) is 16.5 Å². The molecule has 0 amide bonds. The number of methoxy groups -OCH3 is 1. The Hall–Kier alpha value is -1.14. The predicted octanol–water partition coefficient (Wildman–Crippen LogP) is 1.30. The summed E-state index contributed by atoms with van der Waals surface area (Å²) in [5, 5.41) is 0. The molecule has 0 saturated heterocycles. The molecule has 0 heterocycles. The fraction of sp³-hybridized carbons (Fsp3) is 0.400. The van der Waals surface area contributed by atoms with E-state index in [1.165, 1.54) is 20.2 Å². The summed E-state index contributed by atoms with van der Waals surface area (Å²) in [6, 6.07) is 2.51. The van der Waals surface area contributed by atoms with E-state index in [1.54, 1.807) is 6.92 Å². The molecule has 90 valence electrons. The molecule has 0 bridgehead atoms. The number of benzene rings is 1. The topological polar surface area (TPSA) is 55.4 Å². The van der Waals surface area contributed by atoms with Crippen molar-refractivity contribution in [3.8, 4) is 5.75 Å². The molecule has 0 unspecified atom stereocenters. The highest BCUT2D eigenvalue weighted by atomic mass is 32.2. The van der Waals surface area contributed by atoms with E-state index < -0.39 is 15.8 Å². The van der Waals surface area contributed by atoms with E-state index in [1.807, 2.05) is 0 Å². The fourth-order valence-electron chi connectivity index (χ4n) is 1.50. The summed E-state index contributed by atoms with van der Waals surface area (Å²) in [4.78, 5) is -0.336. The maximum Gasteiger partial charge on any atom is 0.243 e. The zero-order valence-corrected chi connectivity index (χ0v) is 10.2. The number of hydrogen-bond acceptors (Lipinski definition) is 3. The van der Waals surface area contributed by atoms with Crippen molar-refractivity contribution >= 4 is 10.0 Å². The van der Waals surface area contributed by atoms with Gasteiger partial charge in [0.05, 0.1) is 7.11 Å². The molecule has 0 atom stereocenters. The number of rotatable bonds is 4. The third kappa shape index (κ3) is 2.17. The second-order valence-corrected chi connectivity index (χ2v) is 4.94. The third-order valence-electron chi connectivity index (χ3n) is 2.28. The fourth-order valence-corrected chi connectivity index (χ4v) is 2.60. The first-order chi connectivity index (χ1) is 7.47. The molecule has 0 spiro atoms. The zero-order chi connectivity index (χ0) is 12.3. The Morgan fingerprint density at radius 3 is 2.50 bits per heavy atom. The van der Waals surface area contributed by atoms with Crippen molar-refractivity contribution in [3.63, 3.8) is 0 Å². The minimum absolute atomic E-state index is 0.336. The Labute approximate surface area is 94.5 Å². The lowest BCUT2D eigenvalue weighted by Crippen LogP contribution is -2.21. The van der Waals surface area contributed by atoms with E-state index in [9.17, 15) is 12.8 Å². The van der Waals surface area contributed by atoms with Gasteiger partial charge in [-0.15, -0.1) is 0 Å². The summed E-state index contributed by atoms with van der Waals surface area (Å²) in [5.41, 5.74) is 0.344. The molecule has 0 aliphatic heterocycles. The van der Waals surface area contributed by atoms with Crippen LogP contribution >= 0.6 is 0 Å². The van der Waals surface area contributed by atoms with E-state index in [-0.39, 0.29) is 4.90 Å². The van der Waals surface area contributed by atoms with Crippen molar-refractivity contribution in [2.45, 2.75) is 18.2 Å². The van der Waals surface area contributed by atoms with E-state index in [0.29, 0.717) is 17.7 Å². The Kier molecular flexibility index (Phi) is 3.88. The molecule has 0 aliphatic carbocycles. The van der Waals surface area contributed by atoms with Crippen LogP contribution in [0.1, 0.15) is 12.5 Å². The monoisotopic (exact) mass is 247 g/mol. The molecule has 1 aromatic rings. The predicted molar refractivity (Wildman–Crippen MR) is 58.6 cm³/mol. The van der Waals surface area contributed by atoms with Crippen molar-refractivity contribution in [2.24, 2.45) is 0 Å². The summed E-state index contributed by atoms with van der Waals surface area (Å²) in [5.74, 6) is -0.398. The average molecular weight is 247 g/mol. The first kappa shape index (κ1) is 12.9. The minimum Gasteiger partial charge on any atom is -0.496 e. The molecule has 0 saturated carbocycles. The summed E-state index contributed by atoms with van der Waals surface area (Å²) >= 11 is 0. The summed E-state index contributed by atoms with van der Waals surface area (Å²) in [6.45, 7) is 1.74. The van der Waals surface area contributed by atoms with Crippen molar-refractivity contribution < 1.29 is 17.5 Å². The van der Waals surface area contributed by atoms with E-state index in [0.717, 1.165) is 6.07 Å². The first-order valence-corrected chi connectivity index (χ1v) is 6.25. The summed E-state index contributed by atoms with van der Waals surface area (Å²) < 4.78 is 44.0. The molecule has 1 rings (SSSR count). The largest absolute Gasteiger partial charge is 0.496 e. The maximum atomic E-state index is 13.6. The quantitative estimate of drug-likeness (QED) is 0.872. The van der Waals surface area contributed by atoms with Crippen molar-refractivity contribution in [2.75, 3.05) is 14.2 Å². The maximum absolute atomic E-state index is 13.6. The van der Waals surface area contributed by atoms with Gasteiger partial charge in [0.25, 0.3) is 0 Å². The highest BCUT2D eigenvalue weighted by Crippen LogP contribution is 2.28. The van der Waals surface area contributed by atoms with Gasteiger partial charge in [-0.2, -0.15) is 0 Å². The summed E-state index contributed by atoms with van der Waals surface area (Å²) in [6.07, 6.45) is 0.372.